The van der Waals surface area contributed by atoms with E-state index in [-0.39, 0.29) is 11.1 Å². The molecule has 0 fully saturated rings. The number of nitriles is 2. The fourth-order valence-corrected chi connectivity index (χ4v) is 3.24. The van der Waals surface area contributed by atoms with Gasteiger partial charge in [0, 0.05) is 0 Å². The van der Waals surface area contributed by atoms with Crippen LogP contribution in [0.25, 0.3) is 0 Å². The molecule has 3 aromatic rings. The largest absolute Gasteiger partial charge is 0.292 e. The van der Waals surface area contributed by atoms with Crippen LogP contribution in [0.15, 0.2) is 60.7 Å². The first-order valence-corrected chi connectivity index (χ1v) is 9.16. The molecule has 4 nitrogen and oxygen atoms in total. The Morgan fingerprint density at radius 2 is 0.906 bits per heavy atom. The molecule has 0 radical (unpaired) electrons. The average molecular weight is 436 g/mol. The summed E-state index contributed by atoms with van der Waals surface area (Å²) in [4.78, 5) is 26.1. The second-order valence-electron chi connectivity index (χ2n) is 6.68. The molecule has 0 aliphatic rings. The number of carbonyl (C=O) groups is 2. The predicted molar refractivity (Wildman–Crippen MR) is 105 cm³/mol. The van der Waals surface area contributed by atoms with Crippen molar-refractivity contribution in [3.8, 4) is 12.1 Å². The van der Waals surface area contributed by atoms with Crippen molar-refractivity contribution in [3.63, 3.8) is 0 Å². The van der Waals surface area contributed by atoms with E-state index < -0.39 is 57.8 Å². The minimum Gasteiger partial charge on any atom is -0.292 e. The van der Waals surface area contributed by atoms with Gasteiger partial charge in [0.1, 0.15) is 11.8 Å². The third-order valence-electron chi connectivity index (χ3n) is 4.81. The Morgan fingerprint density at radius 3 is 1.19 bits per heavy atom. The number of hydrogen-bond acceptors (Lipinski definition) is 4. The van der Waals surface area contributed by atoms with Crippen LogP contribution in [0.1, 0.15) is 43.7 Å². The molecular weight excluding hydrogens is 424 g/mol. The highest BCUT2D eigenvalue weighted by Crippen LogP contribution is 2.32. The molecule has 3 rings (SSSR count). The zero-order chi connectivity index (χ0) is 23.4. The maximum absolute atomic E-state index is 14.7. The first-order valence-electron chi connectivity index (χ1n) is 9.16. The minimum atomic E-state index is -2.31. The summed E-state index contributed by atoms with van der Waals surface area (Å²) >= 11 is 0. The van der Waals surface area contributed by atoms with Crippen LogP contribution in [0.2, 0.25) is 0 Å². The Labute approximate surface area is 180 Å². The SMILES string of the molecule is N#CC(C(=O)c1c(F)c(F)c(F)c(F)c1C(=O)C(C#N)c1ccccc1)c1ccccc1. The molecule has 0 saturated heterocycles. The van der Waals surface area contributed by atoms with Crippen molar-refractivity contribution in [3.05, 3.63) is 106 Å². The van der Waals surface area contributed by atoms with Gasteiger partial charge in [-0.1, -0.05) is 60.7 Å². The standard InChI is InChI=1S/C24H12F4N2O2/c25-19-17(23(31)15(11-29)13-7-3-1-4-8-13)18(20(26)22(28)21(19)27)24(32)16(12-30)14-9-5-2-6-10-14/h1-10,15-16H. The van der Waals surface area contributed by atoms with Gasteiger partial charge in [-0.3, -0.25) is 9.59 Å². The Morgan fingerprint density at radius 1 is 0.594 bits per heavy atom. The molecule has 0 N–H and O–H groups in total. The third kappa shape index (κ3) is 3.86. The summed E-state index contributed by atoms with van der Waals surface area (Å²) in [7, 11) is 0. The quantitative estimate of drug-likeness (QED) is 0.230. The van der Waals surface area contributed by atoms with Gasteiger partial charge in [0.2, 0.25) is 0 Å². The monoisotopic (exact) mass is 436 g/mol. The molecule has 0 aliphatic carbocycles. The van der Waals surface area contributed by atoms with E-state index in [1.807, 2.05) is 0 Å². The molecule has 0 heterocycles. The van der Waals surface area contributed by atoms with E-state index >= 15 is 0 Å². The number of halogens is 4. The molecule has 3 aromatic carbocycles. The van der Waals surface area contributed by atoms with E-state index in [1.165, 1.54) is 48.5 Å². The van der Waals surface area contributed by atoms with Gasteiger partial charge in [0.05, 0.1) is 23.3 Å². The van der Waals surface area contributed by atoms with Crippen LogP contribution in [-0.4, -0.2) is 11.6 Å². The van der Waals surface area contributed by atoms with E-state index in [2.05, 4.69) is 0 Å². The summed E-state index contributed by atoms with van der Waals surface area (Å²) in [5, 5.41) is 18.9. The maximum Gasteiger partial charge on any atom is 0.198 e. The van der Waals surface area contributed by atoms with Gasteiger partial charge in [-0.15, -0.1) is 0 Å². The number of carbonyl (C=O) groups excluding carboxylic acids is 2. The van der Waals surface area contributed by atoms with Crippen molar-refractivity contribution >= 4 is 11.6 Å². The number of benzene rings is 3. The summed E-state index contributed by atoms with van der Waals surface area (Å²) in [5.41, 5.74) is -2.69. The van der Waals surface area contributed by atoms with E-state index in [0.717, 1.165) is 0 Å². The highest BCUT2D eigenvalue weighted by Gasteiger charge is 2.38. The molecule has 0 bridgehead atoms. The van der Waals surface area contributed by atoms with E-state index in [0.29, 0.717) is 0 Å². The summed E-state index contributed by atoms with van der Waals surface area (Å²) in [6.07, 6.45) is 0. The van der Waals surface area contributed by atoms with Crippen LogP contribution in [0.3, 0.4) is 0 Å². The van der Waals surface area contributed by atoms with Gasteiger partial charge in [0.15, 0.2) is 34.8 Å². The number of rotatable bonds is 6. The van der Waals surface area contributed by atoms with Gasteiger partial charge in [-0.2, -0.15) is 10.5 Å². The number of nitrogens with zero attached hydrogens (tertiary/aromatic N) is 2. The van der Waals surface area contributed by atoms with Gasteiger partial charge in [-0.25, -0.2) is 17.6 Å². The lowest BCUT2D eigenvalue weighted by Crippen LogP contribution is -2.24. The first-order chi connectivity index (χ1) is 15.3. The Kier molecular flexibility index (Phi) is 6.46. The third-order valence-corrected chi connectivity index (χ3v) is 4.81. The van der Waals surface area contributed by atoms with Crippen molar-refractivity contribution in [2.45, 2.75) is 11.8 Å². The van der Waals surface area contributed by atoms with Crippen LogP contribution >= 0.6 is 0 Å². The van der Waals surface area contributed by atoms with Crippen LogP contribution in [0.5, 0.6) is 0 Å². The van der Waals surface area contributed by atoms with Gasteiger partial charge in [0.25, 0.3) is 0 Å². The minimum absolute atomic E-state index is 0.0721. The number of Topliss-reactive ketones (excluding diaryl/α,β-unsaturated/α-hetero) is 2. The molecule has 0 saturated carbocycles. The molecule has 0 aromatic heterocycles. The fraction of sp³-hybridized carbons (Fsp3) is 0.0833. The predicted octanol–water partition coefficient (Wildman–Crippen LogP) is 5.22. The van der Waals surface area contributed by atoms with Crippen LogP contribution < -0.4 is 0 Å². The van der Waals surface area contributed by atoms with E-state index in [4.69, 9.17) is 0 Å². The van der Waals surface area contributed by atoms with Crippen LogP contribution in [0, 0.1) is 45.9 Å². The summed E-state index contributed by atoms with van der Waals surface area (Å²) in [6.45, 7) is 0. The summed E-state index contributed by atoms with van der Waals surface area (Å²) < 4.78 is 57.6. The molecule has 32 heavy (non-hydrogen) atoms. The second kappa shape index (κ2) is 9.23. The van der Waals surface area contributed by atoms with Crippen molar-refractivity contribution in [2.75, 3.05) is 0 Å². The summed E-state index contributed by atoms with van der Waals surface area (Å²) in [5.74, 6) is -15.2. The summed E-state index contributed by atoms with van der Waals surface area (Å²) in [6, 6.07) is 17.7. The van der Waals surface area contributed by atoms with E-state index in [9.17, 15) is 37.7 Å². The van der Waals surface area contributed by atoms with Gasteiger partial charge < -0.3 is 0 Å². The van der Waals surface area contributed by atoms with Crippen molar-refractivity contribution in [1.29, 1.82) is 10.5 Å². The Hall–Kier alpha value is -4.30. The molecule has 8 heteroatoms. The number of hydrogen-bond donors (Lipinski definition) is 0. The second-order valence-corrected chi connectivity index (χ2v) is 6.68. The maximum atomic E-state index is 14.7. The lowest BCUT2D eigenvalue weighted by atomic mass is 9.84. The van der Waals surface area contributed by atoms with Crippen molar-refractivity contribution in [2.24, 2.45) is 0 Å². The molecule has 2 atom stereocenters. The van der Waals surface area contributed by atoms with E-state index in [1.54, 1.807) is 24.3 Å². The lowest BCUT2D eigenvalue weighted by Gasteiger charge is -2.17. The fourth-order valence-electron chi connectivity index (χ4n) is 3.24. The van der Waals surface area contributed by atoms with Gasteiger partial charge in [-0.05, 0) is 11.1 Å². The molecule has 0 spiro atoms. The smallest absolute Gasteiger partial charge is 0.198 e. The molecule has 2 unspecified atom stereocenters. The lowest BCUT2D eigenvalue weighted by molar-refractivity contribution is 0.0935. The highest BCUT2D eigenvalue weighted by atomic mass is 19.2. The Bertz CT molecular complexity index is 1180. The molecule has 0 aliphatic heterocycles. The van der Waals surface area contributed by atoms with Crippen molar-refractivity contribution in [1.82, 2.24) is 0 Å². The van der Waals surface area contributed by atoms with Crippen LogP contribution in [-0.2, 0) is 0 Å². The zero-order valence-corrected chi connectivity index (χ0v) is 16.2. The molecule has 158 valence electrons. The Balaban J connectivity index is 2.26. The highest BCUT2D eigenvalue weighted by molar-refractivity contribution is 6.14. The molecular formula is C24H12F4N2O2. The molecule has 0 amide bonds. The van der Waals surface area contributed by atoms with Gasteiger partial charge >= 0.3 is 0 Å². The normalized spacial score (nSPS) is 12.3. The van der Waals surface area contributed by atoms with Crippen molar-refractivity contribution < 1.29 is 27.2 Å². The number of ketones is 2. The average Bonchev–Trinajstić information content (AvgIpc) is 2.82. The topological polar surface area (TPSA) is 81.7 Å². The zero-order valence-electron chi connectivity index (χ0n) is 16.2. The van der Waals surface area contributed by atoms with Crippen LogP contribution in [0.4, 0.5) is 17.6 Å². The first kappa shape index (κ1) is 22.4.